The molecule has 3 nitrogen and oxygen atoms in total. The molecule has 0 saturated carbocycles. The van der Waals surface area contributed by atoms with Gasteiger partial charge < -0.3 is 10.1 Å². The van der Waals surface area contributed by atoms with E-state index in [0.29, 0.717) is 5.92 Å². The average Bonchev–Trinajstić information content (AvgIpc) is 2.74. The van der Waals surface area contributed by atoms with Crippen molar-refractivity contribution in [1.29, 1.82) is 0 Å². The van der Waals surface area contributed by atoms with Gasteiger partial charge >= 0.3 is 0 Å². The summed E-state index contributed by atoms with van der Waals surface area (Å²) in [5.41, 5.74) is 2.41. The van der Waals surface area contributed by atoms with Gasteiger partial charge in [0.2, 0.25) is 0 Å². The second-order valence-corrected chi connectivity index (χ2v) is 4.11. The van der Waals surface area contributed by atoms with Crippen LogP contribution in [0, 0.1) is 12.8 Å². The third-order valence-corrected chi connectivity index (χ3v) is 2.89. The Labute approximate surface area is 103 Å². The molecule has 0 amide bonds. The van der Waals surface area contributed by atoms with Gasteiger partial charge in [0.05, 0.1) is 6.61 Å². The van der Waals surface area contributed by atoms with Gasteiger partial charge in [0.15, 0.2) is 0 Å². The molecule has 1 aliphatic rings. The number of aromatic nitrogens is 1. The molecule has 0 spiro atoms. The monoisotopic (exact) mass is 242 g/mol. The van der Waals surface area contributed by atoms with Crippen LogP contribution >= 0.6 is 12.4 Å². The minimum Gasteiger partial charge on any atom is -0.381 e. The Balaban J connectivity index is 0.00000128. The Morgan fingerprint density at radius 2 is 2.44 bits per heavy atom. The number of nitrogens with one attached hydrogen (secondary N) is 1. The van der Waals surface area contributed by atoms with Gasteiger partial charge in [-0.1, -0.05) is 6.07 Å². The van der Waals surface area contributed by atoms with Gasteiger partial charge in [0, 0.05) is 31.6 Å². The van der Waals surface area contributed by atoms with Gasteiger partial charge in [0.1, 0.15) is 0 Å². The Bertz CT molecular complexity index is 314. The van der Waals surface area contributed by atoms with Gasteiger partial charge in [-0.2, -0.15) is 0 Å². The van der Waals surface area contributed by atoms with Gasteiger partial charge in [-0.25, -0.2) is 0 Å². The number of pyridine rings is 1. The van der Waals surface area contributed by atoms with E-state index in [0.717, 1.165) is 32.0 Å². The maximum atomic E-state index is 5.33. The van der Waals surface area contributed by atoms with Crippen LogP contribution in [0.15, 0.2) is 18.3 Å². The van der Waals surface area contributed by atoms with Crippen molar-refractivity contribution in [3.63, 3.8) is 0 Å². The predicted octanol–water partition coefficient (Wildman–Crippen LogP) is 1.94. The molecule has 16 heavy (non-hydrogen) atoms. The van der Waals surface area contributed by atoms with Gasteiger partial charge in [-0.05, 0) is 30.9 Å². The van der Waals surface area contributed by atoms with E-state index in [4.69, 9.17) is 4.74 Å². The number of halogens is 1. The van der Waals surface area contributed by atoms with E-state index >= 15 is 0 Å². The van der Waals surface area contributed by atoms with Crippen LogP contribution < -0.4 is 5.32 Å². The van der Waals surface area contributed by atoms with E-state index in [1.165, 1.54) is 12.0 Å². The lowest BCUT2D eigenvalue weighted by molar-refractivity contribution is 0.185. The molecule has 90 valence electrons. The fourth-order valence-corrected chi connectivity index (χ4v) is 1.86. The van der Waals surface area contributed by atoms with Crippen molar-refractivity contribution in [2.75, 3.05) is 19.8 Å². The first-order valence-electron chi connectivity index (χ1n) is 5.55. The quantitative estimate of drug-likeness (QED) is 0.876. The fraction of sp³-hybridized carbons (Fsp3) is 0.583. The first-order valence-corrected chi connectivity index (χ1v) is 5.55. The largest absolute Gasteiger partial charge is 0.381 e. The topological polar surface area (TPSA) is 34.2 Å². The second kappa shape index (κ2) is 6.84. The molecule has 0 radical (unpaired) electrons. The Morgan fingerprint density at radius 3 is 3.12 bits per heavy atom. The number of hydrogen-bond donors (Lipinski definition) is 1. The highest BCUT2D eigenvalue weighted by molar-refractivity contribution is 5.85. The molecule has 0 aliphatic carbocycles. The maximum absolute atomic E-state index is 5.33. The van der Waals surface area contributed by atoms with Crippen molar-refractivity contribution in [3.8, 4) is 0 Å². The molecule has 1 saturated heterocycles. The number of aryl methyl sites for hydroxylation is 1. The zero-order chi connectivity index (χ0) is 10.5. The number of hydrogen-bond acceptors (Lipinski definition) is 3. The van der Waals surface area contributed by atoms with Crippen molar-refractivity contribution in [2.24, 2.45) is 5.92 Å². The van der Waals surface area contributed by atoms with Crippen molar-refractivity contribution < 1.29 is 4.74 Å². The molecule has 2 heterocycles. The van der Waals surface area contributed by atoms with Gasteiger partial charge in [0.25, 0.3) is 0 Å². The summed E-state index contributed by atoms with van der Waals surface area (Å²) in [6.07, 6.45) is 3.03. The highest BCUT2D eigenvalue weighted by atomic mass is 35.5. The SMILES string of the molecule is Cc1ncccc1CNCC1CCOC1.Cl. The molecule has 1 aromatic heterocycles. The molecule has 2 rings (SSSR count). The molecule has 1 N–H and O–H groups in total. The Kier molecular flexibility index (Phi) is 5.74. The second-order valence-electron chi connectivity index (χ2n) is 4.11. The van der Waals surface area contributed by atoms with Gasteiger partial charge in [-0.15, -0.1) is 12.4 Å². The third kappa shape index (κ3) is 3.74. The van der Waals surface area contributed by atoms with Crippen molar-refractivity contribution >= 4 is 12.4 Å². The lowest BCUT2D eigenvalue weighted by Gasteiger charge is -2.10. The van der Waals surface area contributed by atoms with Crippen LogP contribution in [-0.4, -0.2) is 24.7 Å². The summed E-state index contributed by atoms with van der Waals surface area (Å²) in [4.78, 5) is 4.26. The van der Waals surface area contributed by atoms with Crippen molar-refractivity contribution in [2.45, 2.75) is 19.9 Å². The highest BCUT2D eigenvalue weighted by Crippen LogP contribution is 2.11. The van der Waals surface area contributed by atoms with Crippen molar-refractivity contribution in [1.82, 2.24) is 10.3 Å². The van der Waals surface area contributed by atoms with E-state index in [-0.39, 0.29) is 12.4 Å². The lowest BCUT2D eigenvalue weighted by atomic mass is 10.1. The molecule has 1 aliphatic heterocycles. The number of nitrogens with zero attached hydrogens (tertiary/aromatic N) is 1. The van der Waals surface area contributed by atoms with Crippen LogP contribution in [0.1, 0.15) is 17.7 Å². The Morgan fingerprint density at radius 1 is 1.56 bits per heavy atom. The number of ether oxygens (including phenoxy) is 1. The normalized spacial score (nSPS) is 19.4. The summed E-state index contributed by atoms with van der Waals surface area (Å²) < 4.78 is 5.33. The van der Waals surface area contributed by atoms with Crippen LogP contribution in [0.4, 0.5) is 0 Å². The molecular weight excluding hydrogens is 224 g/mol. The first-order chi connectivity index (χ1) is 7.36. The van der Waals surface area contributed by atoms with Crippen LogP contribution in [0.3, 0.4) is 0 Å². The van der Waals surface area contributed by atoms with Gasteiger partial charge in [-0.3, -0.25) is 4.98 Å². The molecule has 4 heteroatoms. The standard InChI is InChI=1S/C12H18N2O.ClH/c1-10-12(3-2-5-14-10)8-13-7-11-4-6-15-9-11;/h2-3,5,11,13H,4,6-9H2,1H3;1H. The minimum atomic E-state index is 0. The summed E-state index contributed by atoms with van der Waals surface area (Å²) in [5, 5.41) is 3.46. The summed E-state index contributed by atoms with van der Waals surface area (Å²) >= 11 is 0. The molecule has 1 unspecified atom stereocenters. The van der Waals surface area contributed by atoms with Crippen LogP contribution in [0.25, 0.3) is 0 Å². The highest BCUT2D eigenvalue weighted by Gasteiger charge is 2.14. The molecular formula is C12H19ClN2O. The minimum absolute atomic E-state index is 0. The zero-order valence-electron chi connectivity index (χ0n) is 9.61. The van der Waals surface area contributed by atoms with Crippen LogP contribution in [0.5, 0.6) is 0 Å². The Hall–Kier alpha value is -0.640. The van der Waals surface area contributed by atoms with E-state index in [9.17, 15) is 0 Å². The first kappa shape index (κ1) is 13.4. The van der Waals surface area contributed by atoms with Crippen LogP contribution in [0.2, 0.25) is 0 Å². The van der Waals surface area contributed by atoms with E-state index < -0.39 is 0 Å². The fourth-order valence-electron chi connectivity index (χ4n) is 1.86. The summed E-state index contributed by atoms with van der Waals surface area (Å²) in [7, 11) is 0. The maximum Gasteiger partial charge on any atom is 0.0507 e. The predicted molar refractivity (Wildman–Crippen MR) is 66.9 cm³/mol. The van der Waals surface area contributed by atoms with E-state index in [1.807, 2.05) is 12.3 Å². The third-order valence-electron chi connectivity index (χ3n) is 2.89. The van der Waals surface area contributed by atoms with E-state index in [2.05, 4.69) is 23.3 Å². The summed E-state index contributed by atoms with van der Waals surface area (Å²) in [6, 6.07) is 4.11. The number of rotatable bonds is 4. The van der Waals surface area contributed by atoms with Crippen LogP contribution in [-0.2, 0) is 11.3 Å². The molecule has 1 atom stereocenters. The average molecular weight is 243 g/mol. The summed E-state index contributed by atoms with van der Waals surface area (Å²) in [5.74, 6) is 0.696. The van der Waals surface area contributed by atoms with E-state index in [1.54, 1.807) is 0 Å². The smallest absolute Gasteiger partial charge is 0.0507 e. The molecule has 0 aromatic carbocycles. The summed E-state index contributed by atoms with van der Waals surface area (Å²) in [6.45, 7) is 5.86. The molecule has 1 aromatic rings. The lowest BCUT2D eigenvalue weighted by Crippen LogP contribution is -2.23. The molecule has 1 fully saturated rings. The zero-order valence-corrected chi connectivity index (χ0v) is 10.4. The molecule has 0 bridgehead atoms. The van der Waals surface area contributed by atoms with Crippen molar-refractivity contribution in [3.05, 3.63) is 29.6 Å².